The van der Waals surface area contributed by atoms with Crippen molar-refractivity contribution in [2.24, 2.45) is 0 Å². The molecule has 1 aliphatic rings. The lowest BCUT2D eigenvalue weighted by atomic mass is 10.1. The molecule has 0 fully saturated rings. The molecule has 11 heteroatoms. The fourth-order valence-electron chi connectivity index (χ4n) is 6.03. The van der Waals surface area contributed by atoms with Gasteiger partial charge in [-0.05, 0) is 72.5 Å². The molecule has 4 aromatic rings. The molecule has 0 aliphatic carbocycles. The van der Waals surface area contributed by atoms with Crippen LogP contribution in [0.15, 0.2) is 66.7 Å². The van der Waals surface area contributed by atoms with Crippen molar-refractivity contribution < 1.29 is 42.7 Å². The standard InChI is InChI=1S/C41H48N2O9/c1-45-33-21-18-28(17-16-27-24-35(47-3)38(50-6)36(25-27)48-4)37(49-5)39(33)52-23-13-9-7-8-12-22-51-32-20-19-29(26-34(32)46-2)40-42-31-15-11-10-14-30(31)41(44)43-40/h10-11,14-21,24-26,40,42H,7-9,12-13,22-23H2,1-6H3,(H,43,44)/b17-16+. The van der Waals surface area contributed by atoms with Crippen molar-refractivity contribution in [2.45, 2.75) is 38.3 Å². The van der Waals surface area contributed by atoms with Gasteiger partial charge in [0.05, 0.1) is 61.4 Å². The van der Waals surface area contributed by atoms with Gasteiger partial charge in [-0.3, -0.25) is 4.79 Å². The van der Waals surface area contributed by atoms with Crippen LogP contribution in [0.5, 0.6) is 46.0 Å². The minimum atomic E-state index is -0.363. The zero-order chi connectivity index (χ0) is 36.9. The van der Waals surface area contributed by atoms with Crippen LogP contribution in [0.25, 0.3) is 12.2 Å². The summed E-state index contributed by atoms with van der Waals surface area (Å²) in [7, 11) is 9.62. The van der Waals surface area contributed by atoms with Crippen LogP contribution in [0, 0.1) is 0 Å². The molecule has 2 N–H and O–H groups in total. The number of unbranched alkanes of at least 4 members (excludes halogenated alkanes) is 4. The molecule has 0 radical (unpaired) electrons. The molecule has 1 atom stereocenters. The van der Waals surface area contributed by atoms with E-state index in [4.69, 9.17) is 37.9 Å². The lowest BCUT2D eigenvalue weighted by molar-refractivity contribution is 0.0935. The van der Waals surface area contributed by atoms with Crippen LogP contribution in [0.3, 0.4) is 0 Å². The molecule has 52 heavy (non-hydrogen) atoms. The van der Waals surface area contributed by atoms with Crippen molar-refractivity contribution in [3.05, 3.63) is 89.0 Å². The molecule has 0 saturated heterocycles. The smallest absolute Gasteiger partial charge is 0.255 e. The second-order valence-corrected chi connectivity index (χ2v) is 12.0. The van der Waals surface area contributed by atoms with Crippen LogP contribution in [0.2, 0.25) is 0 Å². The second-order valence-electron chi connectivity index (χ2n) is 12.0. The number of amides is 1. The van der Waals surface area contributed by atoms with Crippen LogP contribution in [-0.2, 0) is 0 Å². The first-order chi connectivity index (χ1) is 25.4. The molecule has 1 amide bonds. The topological polar surface area (TPSA) is 115 Å². The summed E-state index contributed by atoms with van der Waals surface area (Å²) in [6.45, 7) is 1.09. The van der Waals surface area contributed by atoms with E-state index in [-0.39, 0.29) is 12.1 Å². The van der Waals surface area contributed by atoms with E-state index in [9.17, 15) is 4.79 Å². The number of methoxy groups -OCH3 is 6. The molecule has 0 saturated carbocycles. The summed E-state index contributed by atoms with van der Waals surface area (Å²) in [6, 6.07) is 20.7. The largest absolute Gasteiger partial charge is 0.493 e. The summed E-state index contributed by atoms with van der Waals surface area (Å²) >= 11 is 0. The maximum atomic E-state index is 12.6. The summed E-state index contributed by atoms with van der Waals surface area (Å²) in [4.78, 5) is 12.6. The Bertz CT molecular complexity index is 1820. The highest BCUT2D eigenvalue weighted by Gasteiger charge is 2.25. The molecule has 0 bridgehead atoms. The molecule has 11 nitrogen and oxygen atoms in total. The third-order valence-corrected chi connectivity index (χ3v) is 8.73. The molecule has 5 rings (SSSR count). The van der Waals surface area contributed by atoms with E-state index >= 15 is 0 Å². The Hall–Kier alpha value is -5.71. The number of hydrogen-bond donors (Lipinski definition) is 2. The predicted octanol–water partition coefficient (Wildman–Crippen LogP) is 8.17. The minimum absolute atomic E-state index is 0.114. The fourth-order valence-corrected chi connectivity index (χ4v) is 6.03. The minimum Gasteiger partial charge on any atom is -0.493 e. The third-order valence-electron chi connectivity index (χ3n) is 8.73. The van der Waals surface area contributed by atoms with E-state index < -0.39 is 0 Å². The van der Waals surface area contributed by atoms with Crippen LogP contribution in [0.1, 0.15) is 65.3 Å². The number of benzene rings is 4. The van der Waals surface area contributed by atoms with Crippen LogP contribution in [-0.4, -0.2) is 61.8 Å². The molecule has 1 aliphatic heterocycles. The number of hydrogen-bond acceptors (Lipinski definition) is 10. The summed E-state index contributed by atoms with van der Waals surface area (Å²) in [6.07, 6.45) is 8.39. The van der Waals surface area contributed by atoms with Gasteiger partial charge in [-0.25, -0.2) is 0 Å². The van der Waals surface area contributed by atoms with E-state index in [1.807, 2.05) is 72.8 Å². The predicted molar refractivity (Wildman–Crippen MR) is 202 cm³/mol. The van der Waals surface area contributed by atoms with Gasteiger partial charge in [0.1, 0.15) is 6.17 Å². The molecular weight excluding hydrogens is 664 g/mol. The Morgan fingerprint density at radius 3 is 1.87 bits per heavy atom. The Kier molecular flexibility index (Phi) is 13.4. The highest BCUT2D eigenvalue weighted by atomic mass is 16.5. The Labute approximate surface area is 305 Å². The molecule has 0 spiro atoms. The van der Waals surface area contributed by atoms with E-state index in [0.717, 1.165) is 54.5 Å². The maximum Gasteiger partial charge on any atom is 0.255 e. The van der Waals surface area contributed by atoms with Gasteiger partial charge >= 0.3 is 0 Å². The normalized spacial score (nSPS) is 13.4. The van der Waals surface area contributed by atoms with Gasteiger partial charge < -0.3 is 48.5 Å². The number of rotatable bonds is 19. The van der Waals surface area contributed by atoms with Crippen molar-refractivity contribution in [1.82, 2.24) is 5.32 Å². The summed E-state index contributed by atoms with van der Waals surface area (Å²) in [5, 5.41) is 6.38. The van der Waals surface area contributed by atoms with Crippen LogP contribution >= 0.6 is 0 Å². The van der Waals surface area contributed by atoms with Gasteiger partial charge in [0.25, 0.3) is 5.91 Å². The lowest BCUT2D eigenvalue weighted by Gasteiger charge is -2.28. The zero-order valence-corrected chi connectivity index (χ0v) is 30.7. The first kappa shape index (κ1) is 37.5. The monoisotopic (exact) mass is 712 g/mol. The maximum absolute atomic E-state index is 12.6. The Morgan fingerprint density at radius 2 is 1.19 bits per heavy atom. The molecular formula is C41H48N2O9. The lowest BCUT2D eigenvalue weighted by Crippen LogP contribution is -2.38. The number of nitrogens with one attached hydrogen (secondary N) is 2. The Morgan fingerprint density at radius 1 is 0.558 bits per heavy atom. The number of anilines is 1. The Balaban J connectivity index is 1.08. The van der Waals surface area contributed by atoms with Crippen molar-refractivity contribution >= 4 is 23.7 Å². The van der Waals surface area contributed by atoms with Crippen LogP contribution in [0.4, 0.5) is 5.69 Å². The zero-order valence-electron chi connectivity index (χ0n) is 30.7. The number of fused-ring (bicyclic) bond motifs is 1. The molecule has 0 aromatic heterocycles. The highest BCUT2D eigenvalue weighted by Crippen LogP contribution is 2.42. The van der Waals surface area contributed by atoms with Gasteiger partial charge in [0.15, 0.2) is 34.5 Å². The second kappa shape index (κ2) is 18.5. The number of ether oxygens (including phenoxy) is 8. The number of para-hydroxylation sites is 1. The molecule has 276 valence electrons. The molecule has 1 heterocycles. The van der Waals surface area contributed by atoms with Crippen molar-refractivity contribution in [1.29, 1.82) is 0 Å². The fraction of sp³-hybridized carbons (Fsp3) is 0.341. The van der Waals surface area contributed by atoms with Gasteiger partial charge in [0, 0.05) is 11.3 Å². The van der Waals surface area contributed by atoms with Crippen LogP contribution < -0.4 is 48.5 Å². The third kappa shape index (κ3) is 8.95. The SMILES string of the molecule is COc1cc(C2NC(=O)c3ccccc3N2)ccc1OCCCCCCCOc1c(OC)ccc(/C=C/c2cc(OC)c(OC)c(OC)c2)c1OC. The average Bonchev–Trinajstić information content (AvgIpc) is 3.18. The summed E-state index contributed by atoms with van der Waals surface area (Å²) < 4.78 is 45.7. The van der Waals surface area contributed by atoms with E-state index in [2.05, 4.69) is 10.6 Å². The van der Waals surface area contributed by atoms with Gasteiger partial charge in [-0.15, -0.1) is 0 Å². The van der Waals surface area contributed by atoms with Crippen molar-refractivity contribution in [3.8, 4) is 46.0 Å². The summed E-state index contributed by atoms with van der Waals surface area (Å²) in [5.74, 6) is 4.62. The van der Waals surface area contributed by atoms with Gasteiger partial charge in [0.2, 0.25) is 11.5 Å². The molecule has 4 aromatic carbocycles. The molecule has 1 unspecified atom stereocenters. The van der Waals surface area contributed by atoms with Gasteiger partial charge in [-0.1, -0.05) is 49.6 Å². The highest BCUT2D eigenvalue weighted by molar-refractivity contribution is 6.01. The van der Waals surface area contributed by atoms with E-state index in [1.165, 1.54) is 0 Å². The number of carbonyl (C=O) groups is 1. The van der Waals surface area contributed by atoms with E-state index in [1.54, 1.807) is 48.7 Å². The summed E-state index contributed by atoms with van der Waals surface area (Å²) in [5.41, 5.74) is 4.01. The van der Waals surface area contributed by atoms with E-state index in [0.29, 0.717) is 64.8 Å². The quantitative estimate of drug-likeness (QED) is 0.0729. The van der Waals surface area contributed by atoms with Gasteiger partial charge in [-0.2, -0.15) is 0 Å². The average molecular weight is 713 g/mol. The van der Waals surface area contributed by atoms with Crippen molar-refractivity contribution in [3.63, 3.8) is 0 Å². The first-order valence-corrected chi connectivity index (χ1v) is 17.3. The number of carbonyl (C=O) groups excluding carboxylic acids is 1. The first-order valence-electron chi connectivity index (χ1n) is 17.3. The van der Waals surface area contributed by atoms with Crippen molar-refractivity contribution in [2.75, 3.05) is 61.2 Å².